The van der Waals surface area contributed by atoms with Gasteiger partial charge in [-0.05, 0) is 39.7 Å². The van der Waals surface area contributed by atoms with Gasteiger partial charge in [-0.25, -0.2) is 4.39 Å². The van der Waals surface area contributed by atoms with Crippen molar-refractivity contribution in [3.8, 4) is 0 Å². The highest BCUT2D eigenvalue weighted by Gasteiger charge is 2.44. The molecule has 25 heavy (non-hydrogen) atoms. The molecular formula is C19H29FN4O. The molecule has 0 aromatic heterocycles. The molecule has 138 valence electrons. The molecule has 2 rings (SSSR count). The number of aliphatic imine (C=N–C) groups is 1. The fraction of sp³-hybridized carbons (Fsp3) is 0.579. The Morgan fingerprint density at radius 1 is 1.32 bits per heavy atom. The smallest absolute Gasteiger partial charge is 0.240 e. The Kier molecular flexibility index (Phi) is 5.83. The lowest BCUT2D eigenvalue weighted by Gasteiger charge is -2.49. The van der Waals surface area contributed by atoms with Gasteiger partial charge < -0.3 is 15.5 Å². The highest BCUT2D eigenvalue weighted by Crippen LogP contribution is 2.26. The molecule has 6 heteroatoms. The van der Waals surface area contributed by atoms with Gasteiger partial charge in [0.05, 0.1) is 11.6 Å². The number of nitrogens with two attached hydrogens (primary N) is 1. The lowest BCUT2D eigenvalue weighted by Crippen LogP contribution is -2.67. The first-order valence-electron chi connectivity index (χ1n) is 8.69. The molecule has 1 aromatic carbocycles. The van der Waals surface area contributed by atoms with Crippen LogP contribution in [0.5, 0.6) is 0 Å². The van der Waals surface area contributed by atoms with Gasteiger partial charge >= 0.3 is 0 Å². The molecule has 1 heterocycles. The summed E-state index contributed by atoms with van der Waals surface area (Å²) in [7, 11) is 1.63. The number of aryl methyl sites for hydroxylation is 1. The highest BCUT2D eigenvalue weighted by molar-refractivity contribution is 5.97. The molecule has 1 saturated heterocycles. The number of piperazine rings is 1. The van der Waals surface area contributed by atoms with Gasteiger partial charge in [0, 0.05) is 20.1 Å². The van der Waals surface area contributed by atoms with Gasteiger partial charge in [-0.3, -0.25) is 9.79 Å². The van der Waals surface area contributed by atoms with Crippen molar-refractivity contribution in [1.29, 1.82) is 0 Å². The number of benzene rings is 1. The topological polar surface area (TPSA) is 61.9 Å². The van der Waals surface area contributed by atoms with Crippen molar-refractivity contribution in [3.63, 3.8) is 0 Å². The number of amides is 1. The van der Waals surface area contributed by atoms with Crippen LogP contribution in [0.3, 0.4) is 0 Å². The summed E-state index contributed by atoms with van der Waals surface area (Å²) in [6.45, 7) is 8.13. The number of hydrogen-bond acceptors (Lipinski definition) is 3. The molecule has 2 N–H and O–H groups in total. The van der Waals surface area contributed by atoms with E-state index in [0.717, 1.165) is 5.56 Å². The summed E-state index contributed by atoms with van der Waals surface area (Å²) < 4.78 is 13.9. The van der Waals surface area contributed by atoms with Gasteiger partial charge in [0.25, 0.3) is 0 Å². The quantitative estimate of drug-likeness (QED) is 0.848. The van der Waals surface area contributed by atoms with E-state index in [0.29, 0.717) is 25.3 Å². The van der Waals surface area contributed by atoms with Gasteiger partial charge in [0.15, 0.2) is 6.30 Å². The zero-order chi connectivity index (χ0) is 18.8. The molecule has 5 nitrogen and oxygen atoms in total. The van der Waals surface area contributed by atoms with Crippen molar-refractivity contribution in [2.45, 2.75) is 52.0 Å². The predicted octanol–water partition coefficient (Wildman–Crippen LogP) is 2.13. The van der Waals surface area contributed by atoms with E-state index in [1.807, 2.05) is 45.0 Å². The van der Waals surface area contributed by atoms with Crippen LogP contribution in [-0.2, 0) is 11.2 Å². The molecule has 0 bridgehead atoms. The number of hydrogen-bond donors (Lipinski definition) is 1. The Labute approximate surface area is 149 Å². The molecular weight excluding hydrogens is 319 g/mol. The molecule has 1 aromatic rings. The maximum atomic E-state index is 13.9. The zero-order valence-electron chi connectivity index (χ0n) is 15.8. The van der Waals surface area contributed by atoms with Crippen LogP contribution in [0, 0.1) is 6.92 Å². The molecule has 0 spiro atoms. The minimum atomic E-state index is -1.14. The number of halogens is 1. The Morgan fingerprint density at radius 3 is 2.44 bits per heavy atom. The summed E-state index contributed by atoms with van der Waals surface area (Å²) in [5.74, 6) is 0.447. The van der Waals surface area contributed by atoms with E-state index in [-0.39, 0.29) is 5.91 Å². The summed E-state index contributed by atoms with van der Waals surface area (Å²) in [6.07, 6.45) is -0.662. The largest absolute Gasteiger partial charge is 0.327 e. The number of amidine groups is 1. The Balaban J connectivity index is 2.16. The van der Waals surface area contributed by atoms with Gasteiger partial charge in [-0.15, -0.1) is 0 Å². The van der Waals surface area contributed by atoms with Crippen LogP contribution in [0.4, 0.5) is 4.39 Å². The van der Waals surface area contributed by atoms with E-state index in [2.05, 4.69) is 4.99 Å². The lowest BCUT2D eigenvalue weighted by atomic mass is 9.94. The molecule has 1 fully saturated rings. The first kappa shape index (κ1) is 19.4. The van der Waals surface area contributed by atoms with E-state index in [9.17, 15) is 9.18 Å². The minimum absolute atomic E-state index is 0.127. The van der Waals surface area contributed by atoms with Crippen LogP contribution in [0.25, 0.3) is 0 Å². The monoisotopic (exact) mass is 348 g/mol. The standard InChI is InChI=1S/C19H29FN4O/c1-13-6-8-15(9-7-13)12-16(21)17(25)24-11-10-23(14(2)20)18(22-5)19(24,3)4/h6-9,14,16H,10-12,21H2,1-5H3. The Hall–Kier alpha value is -1.95. The molecule has 0 saturated carbocycles. The van der Waals surface area contributed by atoms with E-state index in [4.69, 9.17) is 5.73 Å². The molecule has 1 aliphatic heterocycles. The van der Waals surface area contributed by atoms with E-state index >= 15 is 0 Å². The average molecular weight is 348 g/mol. The number of nitrogens with zero attached hydrogens (tertiary/aromatic N) is 3. The Morgan fingerprint density at radius 2 is 1.92 bits per heavy atom. The number of alkyl halides is 1. The second-order valence-electron chi connectivity index (χ2n) is 7.16. The first-order chi connectivity index (χ1) is 11.7. The Bertz CT molecular complexity index is 639. The van der Waals surface area contributed by atoms with Crippen molar-refractivity contribution < 1.29 is 9.18 Å². The third-order valence-corrected chi connectivity index (χ3v) is 4.86. The fourth-order valence-corrected chi connectivity index (χ4v) is 3.46. The molecule has 1 aliphatic rings. The molecule has 1 amide bonds. The van der Waals surface area contributed by atoms with Crippen molar-refractivity contribution in [2.24, 2.45) is 10.7 Å². The normalized spacial score (nSPS) is 21.3. The number of carbonyl (C=O) groups is 1. The van der Waals surface area contributed by atoms with Crippen molar-refractivity contribution in [1.82, 2.24) is 9.80 Å². The third kappa shape index (κ3) is 4.00. The fourth-order valence-electron chi connectivity index (χ4n) is 3.46. The highest BCUT2D eigenvalue weighted by atomic mass is 19.1. The van der Waals surface area contributed by atoms with Gasteiger partial charge in [-0.2, -0.15) is 0 Å². The van der Waals surface area contributed by atoms with E-state index < -0.39 is 17.9 Å². The SMILES string of the molecule is CN=C1N(C(C)F)CCN(C(=O)C(N)Cc2ccc(C)cc2)C1(C)C. The van der Waals surface area contributed by atoms with Crippen LogP contribution in [0.1, 0.15) is 31.9 Å². The lowest BCUT2D eigenvalue weighted by molar-refractivity contribution is -0.137. The van der Waals surface area contributed by atoms with E-state index in [1.165, 1.54) is 12.5 Å². The summed E-state index contributed by atoms with van der Waals surface area (Å²) >= 11 is 0. The van der Waals surface area contributed by atoms with Crippen molar-refractivity contribution in [2.75, 3.05) is 20.1 Å². The van der Waals surface area contributed by atoms with Crippen LogP contribution >= 0.6 is 0 Å². The van der Waals surface area contributed by atoms with Gasteiger partial charge in [0.2, 0.25) is 5.91 Å². The van der Waals surface area contributed by atoms with Crippen molar-refractivity contribution >= 4 is 11.7 Å². The van der Waals surface area contributed by atoms with Crippen LogP contribution in [0.15, 0.2) is 29.3 Å². The predicted molar refractivity (Wildman–Crippen MR) is 99.3 cm³/mol. The summed E-state index contributed by atoms with van der Waals surface area (Å²) in [5.41, 5.74) is 7.71. The van der Waals surface area contributed by atoms with Gasteiger partial charge in [-0.1, -0.05) is 29.8 Å². The second kappa shape index (κ2) is 7.52. The molecule has 0 aliphatic carbocycles. The first-order valence-corrected chi connectivity index (χ1v) is 8.69. The molecule has 2 atom stereocenters. The summed E-state index contributed by atoms with van der Waals surface area (Å²) in [4.78, 5) is 20.5. The minimum Gasteiger partial charge on any atom is -0.327 e. The second-order valence-corrected chi connectivity index (χ2v) is 7.16. The van der Waals surface area contributed by atoms with Crippen LogP contribution < -0.4 is 5.73 Å². The zero-order valence-corrected chi connectivity index (χ0v) is 15.8. The van der Waals surface area contributed by atoms with Crippen LogP contribution in [0.2, 0.25) is 0 Å². The average Bonchev–Trinajstić information content (AvgIpc) is 2.55. The summed E-state index contributed by atoms with van der Waals surface area (Å²) in [6, 6.07) is 7.39. The third-order valence-electron chi connectivity index (χ3n) is 4.86. The molecule has 2 unspecified atom stereocenters. The summed E-state index contributed by atoms with van der Waals surface area (Å²) in [5, 5.41) is 0. The maximum absolute atomic E-state index is 13.9. The number of carbonyl (C=O) groups excluding carboxylic acids is 1. The maximum Gasteiger partial charge on any atom is 0.240 e. The number of rotatable bonds is 4. The molecule has 0 radical (unpaired) electrons. The van der Waals surface area contributed by atoms with Crippen LogP contribution in [-0.4, -0.2) is 59.6 Å². The van der Waals surface area contributed by atoms with E-state index in [1.54, 1.807) is 16.8 Å². The van der Waals surface area contributed by atoms with Crippen molar-refractivity contribution in [3.05, 3.63) is 35.4 Å². The van der Waals surface area contributed by atoms with Gasteiger partial charge in [0.1, 0.15) is 5.84 Å².